The number of esters is 1. The quantitative estimate of drug-likeness (QED) is 0.505. The van der Waals surface area contributed by atoms with Crippen LogP contribution in [-0.2, 0) is 4.74 Å². The topological polar surface area (TPSA) is 79.4 Å². The smallest absolute Gasteiger partial charge is 0.343 e. The zero-order chi connectivity index (χ0) is 15.2. The Bertz CT molecular complexity index is 667. The molecular weight excluding hydrogens is 292 g/mol. The monoisotopic (exact) mass is 306 g/mol. The minimum absolute atomic E-state index is 0.300. The molecule has 0 saturated carbocycles. The van der Waals surface area contributed by atoms with Gasteiger partial charge >= 0.3 is 5.97 Å². The number of nitrogens with one attached hydrogen (secondary N) is 2. The highest BCUT2D eigenvalue weighted by molar-refractivity contribution is 6.30. The molecule has 1 aromatic heterocycles. The van der Waals surface area contributed by atoms with Gasteiger partial charge in [0.25, 0.3) is 0 Å². The molecule has 21 heavy (non-hydrogen) atoms. The maximum Gasteiger partial charge on any atom is 0.343 e. The number of rotatable bonds is 5. The molecule has 2 N–H and O–H groups in total. The first-order valence-electron chi connectivity index (χ1n) is 6.38. The number of carbonyl (C=O) groups excluding carboxylic acids is 1. The molecule has 2 rings (SSSR count). The highest BCUT2D eigenvalue weighted by atomic mass is 35.5. The fraction of sp³-hybridized carbons (Fsp3) is 0.214. The summed E-state index contributed by atoms with van der Waals surface area (Å²) in [5.41, 5.74) is 4.52. The van der Waals surface area contributed by atoms with Gasteiger partial charge in [-0.1, -0.05) is 23.7 Å². The van der Waals surface area contributed by atoms with Crippen molar-refractivity contribution in [2.45, 2.75) is 13.8 Å². The summed E-state index contributed by atoms with van der Waals surface area (Å²) >= 11 is 5.89. The van der Waals surface area contributed by atoms with Crippen molar-refractivity contribution in [3.05, 3.63) is 46.1 Å². The van der Waals surface area contributed by atoms with E-state index in [1.165, 1.54) is 0 Å². The Morgan fingerprint density at radius 2 is 2.38 bits per heavy atom. The molecule has 110 valence electrons. The Labute approximate surface area is 127 Å². The van der Waals surface area contributed by atoms with Crippen LogP contribution in [0.4, 0.5) is 5.82 Å². The molecule has 0 atom stereocenters. The number of ether oxygens (including phenoxy) is 1. The molecule has 0 unspecified atom stereocenters. The first kappa shape index (κ1) is 15.1. The van der Waals surface area contributed by atoms with Gasteiger partial charge in [-0.25, -0.2) is 4.79 Å². The number of halogens is 1. The Morgan fingerprint density at radius 1 is 1.57 bits per heavy atom. The van der Waals surface area contributed by atoms with Gasteiger partial charge in [-0.15, -0.1) is 0 Å². The standard InChI is InChI=1S/C14H15ClN4O2/c1-3-21-14(20)12-9(2)17-19-13(12)18-16-8-10-5-4-6-11(15)7-10/h4-8H,3H2,1-2H3,(H2,17,18,19). The molecule has 6 nitrogen and oxygen atoms in total. The maximum absolute atomic E-state index is 11.8. The lowest BCUT2D eigenvalue weighted by molar-refractivity contribution is 0.0526. The Kier molecular flexibility index (Phi) is 4.94. The molecule has 1 aromatic carbocycles. The normalized spacial score (nSPS) is 10.8. The van der Waals surface area contributed by atoms with E-state index in [4.69, 9.17) is 16.3 Å². The molecule has 0 saturated heterocycles. The second-order valence-electron chi connectivity index (χ2n) is 4.22. The number of carbonyl (C=O) groups is 1. The fourth-order valence-corrected chi connectivity index (χ4v) is 1.92. The fourth-order valence-electron chi connectivity index (χ4n) is 1.72. The van der Waals surface area contributed by atoms with Crippen molar-refractivity contribution in [2.75, 3.05) is 12.0 Å². The maximum atomic E-state index is 11.8. The molecule has 0 aliphatic heterocycles. The second-order valence-corrected chi connectivity index (χ2v) is 4.65. The number of nitrogens with zero attached hydrogens (tertiary/aromatic N) is 2. The van der Waals surface area contributed by atoms with Crippen LogP contribution in [0.25, 0.3) is 0 Å². The van der Waals surface area contributed by atoms with Gasteiger partial charge in [0.1, 0.15) is 5.56 Å². The first-order chi connectivity index (χ1) is 10.1. The summed E-state index contributed by atoms with van der Waals surface area (Å²) in [4.78, 5) is 11.8. The number of benzene rings is 1. The highest BCUT2D eigenvalue weighted by Crippen LogP contribution is 2.17. The van der Waals surface area contributed by atoms with E-state index in [9.17, 15) is 4.79 Å². The summed E-state index contributed by atoms with van der Waals surface area (Å²) in [6, 6.07) is 7.24. The van der Waals surface area contributed by atoms with Crippen LogP contribution >= 0.6 is 11.6 Å². The van der Waals surface area contributed by atoms with E-state index < -0.39 is 5.97 Å². The predicted molar refractivity (Wildman–Crippen MR) is 81.9 cm³/mol. The molecule has 0 radical (unpaired) electrons. The Hall–Kier alpha value is -2.34. The third-order valence-electron chi connectivity index (χ3n) is 2.66. The van der Waals surface area contributed by atoms with Gasteiger partial charge in [0, 0.05) is 10.7 Å². The molecule has 0 aliphatic rings. The summed E-state index contributed by atoms with van der Waals surface area (Å²) in [6.45, 7) is 3.79. The predicted octanol–water partition coefficient (Wildman–Crippen LogP) is 2.99. The van der Waals surface area contributed by atoms with Crippen LogP contribution in [0.5, 0.6) is 0 Å². The van der Waals surface area contributed by atoms with Gasteiger partial charge in [0.2, 0.25) is 0 Å². The van der Waals surface area contributed by atoms with Crippen LogP contribution in [-0.4, -0.2) is 29.0 Å². The lowest BCUT2D eigenvalue weighted by atomic mass is 10.2. The van der Waals surface area contributed by atoms with Gasteiger partial charge in [-0.05, 0) is 31.5 Å². The SMILES string of the molecule is CCOC(=O)c1c(NN=Cc2cccc(Cl)c2)n[nH]c1C. The van der Waals surface area contributed by atoms with Gasteiger partial charge in [-0.2, -0.15) is 10.2 Å². The summed E-state index contributed by atoms with van der Waals surface area (Å²) in [5.74, 6) is -0.117. The van der Waals surface area contributed by atoms with E-state index in [0.717, 1.165) is 5.56 Å². The second kappa shape index (κ2) is 6.90. The molecular formula is C14H15ClN4O2. The molecule has 2 aromatic rings. The summed E-state index contributed by atoms with van der Waals surface area (Å²) in [7, 11) is 0. The zero-order valence-electron chi connectivity index (χ0n) is 11.7. The van der Waals surface area contributed by atoms with Gasteiger partial charge in [0.05, 0.1) is 12.8 Å². The Balaban J connectivity index is 2.12. The third-order valence-corrected chi connectivity index (χ3v) is 2.89. The van der Waals surface area contributed by atoms with E-state index in [1.807, 2.05) is 12.1 Å². The van der Waals surface area contributed by atoms with E-state index >= 15 is 0 Å². The van der Waals surface area contributed by atoms with Crippen molar-refractivity contribution in [3.8, 4) is 0 Å². The number of aryl methyl sites for hydroxylation is 1. The minimum atomic E-state index is -0.441. The van der Waals surface area contributed by atoms with Gasteiger partial charge in [-0.3, -0.25) is 10.5 Å². The lowest BCUT2D eigenvalue weighted by Gasteiger charge is -2.02. The van der Waals surface area contributed by atoms with Crippen LogP contribution in [0.15, 0.2) is 29.4 Å². The molecule has 1 heterocycles. The van der Waals surface area contributed by atoms with Crippen molar-refractivity contribution in [3.63, 3.8) is 0 Å². The molecule has 0 spiro atoms. The van der Waals surface area contributed by atoms with Crippen molar-refractivity contribution in [2.24, 2.45) is 5.10 Å². The average Bonchev–Trinajstić information content (AvgIpc) is 2.80. The van der Waals surface area contributed by atoms with Crippen molar-refractivity contribution in [1.29, 1.82) is 0 Å². The van der Waals surface area contributed by atoms with Crippen LogP contribution in [0.1, 0.15) is 28.5 Å². The lowest BCUT2D eigenvalue weighted by Crippen LogP contribution is -2.08. The molecule has 0 amide bonds. The van der Waals surface area contributed by atoms with Gasteiger partial charge < -0.3 is 4.74 Å². The van der Waals surface area contributed by atoms with Crippen LogP contribution in [0.3, 0.4) is 0 Å². The van der Waals surface area contributed by atoms with Crippen LogP contribution in [0, 0.1) is 6.92 Å². The largest absolute Gasteiger partial charge is 0.462 e. The number of anilines is 1. The molecule has 0 fully saturated rings. The van der Waals surface area contributed by atoms with E-state index in [2.05, 4.69) is 20.7 Å². The van der Waals surface area contributed by atoms with Crippen molar-refractivity contribution < 1.29 is 9.53 Å². The van der Waals surface area contributed by atoms with Crippen LogP contribution in [0.2, 0.25) is 5.02 Å². The minimum Gasteiger partial charge on any atom is -0.462 e. The van der Waals surface area contributed by atoms with E-state index in [0.29, 0.717) is 28.7 Å². The number of hydrogen-bond donors (Lipinski definition) is 2. The summed E-state index contributed by atoms with van der Waals surface area (Å²) in [5, 5.41) is 11.4. The number of hydrogen-bond acceptors (Lipinski definition) is 5. The molecule has 7 heteroatoms. The Morgan fingerprint density at radius 3 is 3.10 bits per heavy atom. The third kappa shape index (κ3) is 3.82. The van der Waals surface area contributed by atoms with Gasteiger partial charge in [0.15, 0.2) is 5.82 Å². The number of H-pyrrole nitrogens is 1. The number of aromatic nitrogens is 2. The van der Waals surface area contributed by atoms with E-state index in [1.54, 1.807) is 32.2 Å². The van der Waals surface area contributed by atoms with Crippen LogP contribution < -0.4 is 5.43 Å². The number of aromatic amines is 1. The zero-order valence-corrected chi connectivity index (χ0v) is 12.4. The molecule has 0 aliphatic carbocycles. The van der Waals surface area contributed by atoms with Crippen molar-refractivity contribution in [1.82, 2.24) is 10.2 Å². The number of hydrazone groups is 1. The summed E-state index contributed by atoms with van der Waals surface area (Å²) in [6.07, 6.45) is 1.59. The first-order valence-corrected chi connectivity index (χ1v) is 6.76. The van der Waals surface area contributed by atoms with E-state index in [-0.39, 0.29) is 0 Å². The highest BCUT2D eigenvalue weighted by Gasteiger charge is 2.18. The summed E-state index contributed by atoms with van der Waals surface area (Å²) < 4.78 is 4.98. The average molecular weight is 307 g/mol. The molecule has 0 bridgehead atoms. The van der Waals surface area contributed by atoms with Crippen molar-refractivity contribution >= 4 is 29.6 Å².